The summed E-state index contributed by atoms with van der Waals surface area (Å²) in [5.74, 6) is 0. The maximum Gasteiger partial charge on any atom is 0.255 e. The van der Waals surface area contributed by atoms with Crippen LogP contribution < -0.4 is 4.72 Å². The predicted octanol–water partition coefficient (Wildman–Crippen LogP) is 0.313. The quantitative estimate of drug-likeness (QED) is 0.693. The Morgan fingerprint density at radius 3 is 2.82 bits per heavy atom. The van der Waals surface area contributed by atoms with E-state index < -0.39 is 10.0 Å². The van der Waals surface area contributed by atoms with E-state index in [1.54, 1.807) is 19.2 Å². The van der Waals surface area contributed by atoms with Gasteiger partial charge < -0.3 is 4.98 Å². The SMILES string of the molecule is CCNS(=O)(=O)c1ccc[nH]1. The zero-order chi connectivity index (χ0) is 8.32. The molecule has 0 bridgehead atoms. The third kappa shape index (κ3) is 1.81. The lowest BCUT2D eigenvalue weighted by Gasteiger charge is -1.99. The Bertz CT molecular complexity index is 301. The first-order chi connectivity index (χ1) is 5.17. The Kier molecular flexibility index (Phi) is 2.31. The number of aromatic amines is 1. The molecule has 5 heteroatoms. The van der Waals surface area contributed by atoms with Crippen molar-refractivity contribution in [1.29, 1.82) is 0 Å². The fourth-order valence-corrected chi connectivity index (χ4v) is 1.77. The standard InChI is InChI=1S/C6H10N2O2S/c1-2-8-11(9,10)6-4-3-5-7-6/h3-5,7-8H,2H2,1H3. The Balaban J connectivity index is 2.92. The molecule has 4 nitrogen and oxygen atoms in total. The third-order valence-corrected chi connectivity index (χ3v) is 2.69. The summed E-state index contributed by atoms with van der Waals surface area (Å²) in [6.45, 7) is 2.14. The molecule has 0 spiro atoms. The third-order valence-electron chi connectivity index (χ3n) is 1.19. The van der Waals surface area contributed by atoms with Crippen molar-refractivity contribution in [2.24, 2.45) is 0 Å². The highest BCUT2D eigenvalue weighted by atomic mass is 32.2. The van der Waals surface area contributed by atoms with Crippen molar-refractivity contribution in [3.63, 3.8) is 0 Å². The number of nitrogens with one attached hydrogen (secondary N) is 2. The Hall–Kier alpha value is -0.810. The van der Waals surface area contributed by atoms with Crippen LogP contribution in [0.15, 0.2) is 23.4 Å². The van der Waals surface area contributed by atoms with E-state index >= 15 is 0 Å². The van der Waals surface area contributed by atoms with Crippen LogP contribution in [0.1, 0.15) is 6.92 Å². The zero-order valence-electron chi connectivity index (χ0n) is 6.16. The second-order valence-electron chi connectivity index (χ2n) is 2.04. The molecule has 1 aromatic rings. The average molecular weight is 174 g/mol. The number of rotatable bonds is 3. The summed E-state index contributed by atoms with van der Waals surface area (Å²) in [5.41, 5.74) is 0. The van der Waals surface area contributed by atoms with Crippen molar-refractivity contribution >= 4 is 10.0 Å². The molecular formula is C6H10N2O2S. The first kappa shape index (κ1) is 8.29. The van der Waals surface area contributed by atoms with E-state index in [0.29, 0.717) is 6.54 Å². The van der Waals surface area contributed by atoms with Crippen molar-refractivity contribution in [1.82, 2.24) is 9.71 Å². The van der Waals surface area contributed by atoms with Gasteiger partial charge in [0.1, 0.15) is 5.03 Å². The van der Waals surface area contributed by atoms with Gasteiger partial charge >= 0.3 is 0 Å². The second-order valence-corrected chi connectivity index (χ2v) is 3.77. The molecule has 0 aliphatic heterocycles. The van der Waals surface area contributed by atoms with Crippen molar-refractivity contribution in [3.8, 4) is 0 Å². The van der Waals surface area contributed by atoms with E-state index in [2.05, 4.69) is 9.71 Å². The molecule has 0 atom stereocenters. The fraction of sp³-hybridized carbons (Fsp3) is 0.333. The van der Waals surface area contributed by atoms with Gasteiger partial charge in [0.15, 0.2) is 0 Å². The van der Waals surface area contributed by atoms with Crippen LogP contribution in [0.4, 0.5) is 0 Å². The summed E-state index contributed by atoms with van der Waals surface area (Å²) in [6.07, 6.45) is 1.57. The Morgan fingerprint density at radius 1 is 1.64 bits per heavy atom. The maximum atomic E-state index is 11.2. The van der Waals surface area contributed by atoms with Gasteiger partial charge in [-0.15, -0.1) is 0 Å². The normalized spacial score (nSPS) is 11.7. The van der Waals surface area contributed by atoms with Crippen LogP contribution in [0.3, 0.4) is 0 Å². The summed E-state index contributed by atoms with van der Waals surface area (Å²) >= 11 is 0. The molecule has 0 unspecified atom stereocenters. The largest absolute Gasteiger partial charge is 0.351 e. The zero-order valence-corrected chi connectivity index (χ0v) is 6.98. The van der Waals surface area contributed by atoms with Crippen molar-refractivity contribution < 1.29 is 8.42 Å². The highest BCUT2D eigenvalue weighted by molar-refractivity contribution is 7.89. The van der Waals surface area contributed by atoms with Crippen LogP contribution in [0.25, 0.3) is 0 Å². The molecule has 0 saturated carbocycles. The van der Waals surface area contributed by atoms with Crippen LogP contribution in [0.2, 0.25) is 0 Å². The lowest BCUT2D eigenvalue weighted by molar-refractivity contribution is 0.581. The predicted molar refractivity (Wildman–Crippen MR) is 41.7 cm³/mol. The van der Waals surface area contributed by atoms with Gasteiger partial charge in [-0.2, -0.15) is 0 Å². The number of sulfonamides is 1. The second kappa shape index (κ2) is 3.06. The lowest BCUT2D eigenvalue weighted by atomic mass is 10.7. The molecule has 11 heavy (non-hydrogen) atoms. The van der Waals surface area contributed by atoms with E-state index in [9.17, 15) is 8.42 Å². The number of aromatic nitrogens is 1. The molecule has 2 N–H and O–H groups in total. The average Bonchev–Trinajstić information content (AvgIpc) is 2.37. The fourth-order valence-electron chi connectivity index (χ4n) is 0.749. The van der Waals surface area contributed by atoms with Gasteiger partial charge in [0.2, 0.25) is 0 Å². The highest BCUT2D eigenvalue weighted by Gasteiger charge is 2.11. The summed E-state index contributed by atoms with van der Waals surface area (Å²) in [7, 11) is -3.27. The van der Waals surface area contributed by atoms with Crippen LogP contribution in [-0.4, -0.2) is 19.9 Å². The topological polar surface area (TPSA) is 62.0 Å². The van der Waals surface area contributed by atoms with Crippen LogP contribution in [-0.2, 0) is 10.0 Å². The van der Waals surface area contributed by atoms with E-state index in [4.69, 9.17) is 0 Å². The number of hydrogen-bond donors (Lipinski definition) is 2. The molecule has 62 valence electrons. The van der Waals surface area contributed by atoms with Crippen LogP contribution in [0, 0.1) is 0 Å². The van der Waals surface area contributed by atoms with Crippen molar-refractivity contribution in [2.45, 2.75) is 11.9 Å². The van der Waals surface area contributed by atoms with Gasteiger partial charge in [-0.25, -0.2) is 13.1 Å². The summed E-state index contributed by atoms with van der Waals surface area (Å²) < 4.78 is 24.7. The molecule has 0 aliphatic carbocycles. The molecule has 1 rings (SSSR count). The van der Waals surface area contributed by atoms with E-state index in [1.807, 2.05) is 0 Å². The molecule has 1 aromatic heterocycles. The highest BCUT2D eigenvalue weighted by Crippen LogP contribution is 2.02. The molecule has 0 amide bonds. The minimum absolute atomic E-state index is 0.208. The van der Waals surface area contributed by atoms with Gasteiger partial charge in [0.25, 0.3) is 10.0 Å². The van der Waals surface area contributed by atoms with Gasteiger partial charge in [0, 0.05) is 12.7 Å². The van der Waals surface area contributed by atoms with Crippen LogP contribution in [0.5, 0.6) is 0 Å². The molecule has 0 fully saturated rings. The molecule has 0 saturated heterocycles. The summed E-state index contributed by atoms with van der Waals surface area (Å²) in [5, 5.41) is 0.208. The minimum atomic E-state index is -3.27. The van der Waals surface area contributed by atoms with Crippen molar-refractivity contribution in [2.75, 3.05) is 6.54 Å². The lowest BCUT2D eigenvalue weighted by Crippen LogP contribution is -2.23. The van der Waals surface area contributed by atoms with E-state index in [1.165, 1.54) is 6.07 Å². The molecule has 1 heterocycles. The number of hydrogen-bond acceptors (Lipinski definition) is 2. The monoisotopic (exact) mass is 174 g/mol. The van der Waals surface area contributed by atoms with Gasteiger partial charge in [-0.05, 0) is 12.1 Å². The number of H-pyrrole nitrogens is 1. The molecule has 0 aromatic carbocycles. The van der Waals surface area contributed by atoms with Crippen molar-refractivity contribution in [3.05, 3.63) is 18.3 Å². The van der Waals surface area contributed by atoms with Gasteiger partial charge in [-0.3, -0.25) is 0 Å². The van der Waals surface area contributed by atoms with Crippen LogP contribution >= 0.6 is 0 Å². The molecular weight excluding hydrogens is 164 g/mol. The smallest absolute Gasteiger partial charge is 0.255 e. The summed E-state index contributed by atoms with van der Waals surface area (Å²) in [6, 6.07) is 3.15. The summed E-state index contributed by atoms with van der Waals surface area (Å²) in [4.78, 5) is 2.61. The van der Waals surface area contributed by atoms with E-state index in [-0.39, 0.29) is 5.03 Å². The first-order valence-electron chi connectivity index (χ1n) is 3.30. The minimum Gasteiger partial charge on any atom is -0.351 e. The molecule has 0 radical (unpaired) electrons. The Morgan fingerprint density at radius 2 is 2.36 bits per heavy atom. The van der Waals surface area contributed by atoms with Gasteiger partial charge in [-0.1, -0.05) is 6.92 Å². The first-order valence-corrected chi connectivity index (χ1v) is 4.78. The van der Waals surface area contributed by atoms with E-state index in [0.717, 1.165) is 0 Å². The maximum absolute atomic E-state index is 11.2. The molecule has 0 aliphatic rings. The Labute approximate surface area is 65.7 Å². The van der Waals surface area contributed by atoms with Gasteiger partial charge in [0.05, 0.1) is 0 Å².